The molecule has 5 aromatic carbocycles. The third-order valence-corrected chi connectivity index (χ3v) is 19.5. The van der Waals surface area contributed by atoms with Gasteiger partial charge in [0.1, 0.15) is 12.7 Å². The molecule has 15 heteroatoms. The number of amides is 2. The highest BCUT2D eigenvalue weighted by Gasteiger charge is 2.68. The molecule has 2 aliphatic heterocycles. The van der Waals surface area contributed by atoms with E-state index in [9.17, 15) is 24.0 Å². The number of carbonyl (C=O) groups is 3. The average Bonchev–Trinajstić information content (AvgIpc) is 3.73. The zero-order valence-corrected chi connectivity index (χ0v) is 40.5. The summed E-state index contributed by atoms with van der Waals surface area (Å²) in [5, 5.41) is 3.60. The Morgan fingerprint density at radius 1 is 0.716 bits per heavy atom. The number of fused-ring (bicyclic) bond motifs is 1. The number of aromatic nitrogens is 2. The zero-order valence-electron chi connectivity index (χ0n) is 38.5. The second-order valence-electron chi connectivity index (χ2n) is 18.9. The molecule has 8 rings (SSSR count). The highest BCUT2D eigenvalue weighted by Crippen LogP contribution is 2.51. The van der Waals surface area contributed by atoms with Crippen molar-refractivity contribution in [1.29, 1.82) is 0 Å². The molecule has 345 valence electrons. The SMILES string of the molecule is CC(=O)OC1C(n2ccc(=O)[nH]c2=O)OC(CON2C(=O)c3ccccc3C2=O)(C(O[Si](c2ccccc2)c2ccccc2)C(C)(C)C)C1O[Si](c1ccccc1)(c1ccccc1)C(C)(C)C. The van der Waals surface area contributed by atoms with Gasteiger partial charge in [0.2, 0.25) is 0 Å². The predicted molar refractivity (Wildman–Crippen MR) is 257 cm³/mol. The van der Waals surface area contributed by atoms with E-state index in [0.29, 0.717) is 0 Å². The average molecular weight is 937 g/mol. The van der Waals surface area contributed by atoms with E-state index in [1.807, 2.05) is 142 Å². The van der Waals surface area contributed by atoms with Gasteiger partial charge in [-0.15, -0.1) is 5.06 Å². The van der Waals surface area contributed by atoms with Crippen LogP contribution in [0, 0.1) is 5.41 Å². The van der Waals surface area contributed by atoms with Gasteiger partial charge in [-0.1, -0.05) is 175 Å². The summed E-state index contributed by atoms with van der Waals surface area (Å²) in [5.74, 6) is -2.08. The molecule has 5 unspecified atom stereocenters. The summed E-state index contributed by atoms with van der Waals surface area (Å²) in [6.07, 6.45) is -4.14. The van der Waals surface area contributed by atoms with E-state index in [1.54, 1.807) is 24.3 Å². The van der Waals surface area contributed by atoms with Gasteiger partial charge in [0.25, 0.3) is 34.7 Å². The predicted octanol–water partition coefficient (Wildman–Crippen LogP) is 5.15. The van der Waals surface area contributed by atoms with E-state index in [2.05, 4.69) is 25.8 Å². The summed E-state index contributed by atoms with van der Waals surface area (Å²) in [7, 11) is -5.97. The molecular weight excluding hydrogens is 883 g/mol. The molecule has 5 atom stereocenters. The third-order valence-electron chi connectivity index (χ3n) is 12.3. The fourth-order valence-electron chi connectivity index (χ4n) is 9.45. The van der Waals surface area contributed by atoms with Crippen molar-refractivity contribution in [2.45, 2.75) is 83.6 Å². The van der Waals surface area contributed by atoms with Gasteiger partial charge in [-0.3, -0.25) is 33.6 Å². The van der Waals surface area contributed by atoms with Crippen LogP contribution in [0.25, 0.3) is 0 Å². The molecular formula is C52H54N3O10Si2. The minimum absolute atomic E-state index is 0.159. The summed E-state index contributed by atoms with van der Waals surface area (Å²) in [6, 6.07) is 46.9. The molecule has 0 bridgehead atoms. The van der Waals surface area contributed by atoms with Crippen LogP contribution in [0.15, 0.2) is 167 Å². The van der Waals surface area contributed by atoms with Crippen molar-refractivity contribution in [2.24, 2.45) is 5.41 Å². The van der Waals surface area contributed by atoms with Crippen molar-refractivity contribution in [3.8, 4) is 0 Å². The number of carbonyl (C=O) groups excluding carboxylic acids is 3. The molecule has 0 aliphatic carbocycles. The van der Waals surface area contributed by atoms with Crippen LogP contribution < -0.4 is 32.0 Å². The van der Waals surface area contributed by atoms with Gasteiger partial charge >= 0.3 is 11.7 Å². The van der Waals surface area contributed by atoms with Crippen molar-refractivity contribution in [1.82, 2.24) is 14.6 Å². The Hall–Kier alpha value is -6.34. The first kappa shape index (κ1) is 47.2. The van der Waals surface area contributed by atoms with Crippen LogP contribution in [0.5, 0.6) is 0 Å². The largest absolute Gasteiger partial charge is 0.455 e. The number of nitrogens with zero attached hydrogens (tertiary/aromatic N) is 2. The maximum absolute atomic E-state index is 14.2. The van der Waals surface area contributed by atoms with Gasteiger partial charge in [0, 0.05) is 19.2 Å². The second-order valence-corrected chi connectivity index (χ2v) is 25.2. The number of rotatable bonds is 14. The standard InChI is InChI=1S/C52H54N3O10Si2/c1-35(56)62-43-44(65-67(51(5,6)7,38-26-16-10-17-27-38)39-28-18-11-19-29-39)52(63-47(43)54-33-32-42(57)53-49(54)60,34-61-55-45(58)40-30-20-21-31-41(40)46(55)59)48(50(2,3)4)64-66(36-22-12-8-13-23-36)37-24-14-9-15-25-37/h8-33,43-44,47-48H,34H2,1-7H3,(H,53,57,60). The van der Waals surface area contributed by atoms with Crippen LogP contribution >= 0.6 is 0 Å². The maximum atomic E-state index is 14.2. The zero-order chi connectivity index (χ0) is 47.7. The Labute approximate surface area is 392 Å². The first-order chi connectivity index (χ1) is 32.0. The molecule has 2 amide bonds. The van der Waals surface area contributed by atoms with Gasteiger partial charge in [0.15, 0.2) is 17.9 Å². The Morgan fingerprint density at radius 2 is 1.19 bits per heavy atom. The number of hydroxylamine groups is 2. The second kappa shape index (κ2) is 18.7. The van der Waals surface area contributed by atoms with Gasteiger partial charge in [0.05, 0.1) is 17.2 Å². The lowest BCUT2D eigenvalue weighted by Gasteiger charge is -2.51. The molecule has 6 aromatic rings. The van der Waals surface area contributed by atoms with E-state index in [4.69, 9.17) is 23.2 Å². The summed E-state index contributed by atoms with van der Waals surface area (Å²) in [5.41, 5.74) is -4.05. The number of benzene rings is 5. The quantitative estimate of drug-likeness (QED) is 0.0882. The van der Waals surface area contributed by atoms with E-state index in [1.165, 1.54) is 19.2 Å². The number of hydrogen-bond donors (Lipinski definition) is 1. The Kier molecular flexibility index (Phi) is 13.2. The minimum atomic E-state index is -3.73. The topological polar surface area (TPSA) is 155 Å². The Bertz CT molecular complexity index is 2730. The number of imide groups is 1. The molecule has 1 aromatic heterocycles. The molecule has 67 heavy (non-hydrogen) atoms. The molecule has 2 aliphatic rings. The lowest BCUT2D eigenvalue weighted by Crippen LogP contribution is -2.73. The van der Waals surface area contributed by atoms with Crippen LogP contribution in [0.1, 0.15) is 75.4 Å². The molecule has 13 nitrogen and oxygen atoms in total. The highest BCUT2D eigenvalue weighted by molar-refractivity contribution is 6.99. The van der Waals surface area contributed by atoms with Crippen molar-refractivity contribution in [2.75, 3.05) is 6.61 Å². The maximum Gasteiger partial charge on any atom is 0.330 e. The van der Waals surface area contributed by atoms with E-state index >= 15 is 0 Å². The van der Waals surface area contributed by atoms with Crippen molar-refractivity contribution in [3.63, 3.8) is 0 Å². The Balaban J connectivity index is 1.45. The molecule has 0 spiro atoms. The fraction of sp³-hybridized carbons (Fsp3) is 0.288. The molecule has 1 N–H and O–H groups in total. The molecule has 1 saturated heterocycles. The first-order valence-electron chi connectivity index (χ1n) is 22.2. The van der Waals surface area contributed by atoms with Crippen LogP contribution in [0.2, 0.25) is 5.04 Å². The normalized spacial score (nSPS) is 20.2. The van der Waals surface area contributed by atoms with E-state index in [0.717, 1.165) is 30.4 Å². The van der Waals surface area contributed by atoms with Crippen molar-refractivity contribution < 1.29 is 37.5 Å². The van der Waals surface area contributed by atoms with Crippen LogP contribution in [0.3, 0.4) is 0 Å². The summed E-state index contributed by atoms with van der Waals surface area (Å²) < 4.78 is 30.8. The lowest BCUT2D eigenvalue weighted by atomic mass is 9.76. The summed E-state index contributed by atoms with van der Waals surface area (Å²) >= 11 is 0. The van der Waals surface area contributed by atoms with Gasteiger partial charge in [-0.2, -0.15) is 0 Å². The number of hydrogen-bond acceptors (Lipinski definition) is 10. The lowest BCUT2D eigenvalue weighted by molar-refractivity contribution is -0.232. The molecule has 1 fully saturated rings. The number of esters is 1. The smallest absolute Gasteiger partial charge is 0.330 e. The first-order valence-corrected chi connectivity index (χ1v) is 25.5. The van der Waals surface area contributed by atoms with Gasteiger partial charge < -0.3 is 18.3 Å². The number of nitrogens with one attached hydrogen (secondary N) is 1. The van der Waals surface area contributed by atoms with Crippen molar-refractivity contribution in [3.05, 3.63) is 190 Å². The van der Waals surface area contributed by atoms with E-state index < -0.39 is 93.6 Å². The minimum Gasteiger partial charge on any atom is -0.455 e. The van der Waals surface area contributed by atoms with Gasteiger partial charge in [-0.05, 0) is 43.3 Å². The third kappa shape index (κ3) is 8.98. The Morgan fingerprint density at radius 3 is 1.64 bits per heavy atom. The van der Waals surface area contributed by atoms with E-state index in [-0.39, 0.29) is 11.1 Å². The summed E-state index contributed by atoms with van der Waals surface area (Å²) in [4.78, 5) is 77.6. The molecule has 3 heterocycles. The molecule has 0 saturated carbocycles. The van der Waals surface area contributed by atoms with Crippen LogP contribution in [-0.4, -0.2) is 80.3 Å². The fourth-order valence-corrected chi connectivity index (χ4v) is 16.6. The van der Waals surface area contributed by atoms with Crippen LogP contribution in [-0.2, 0) is 28.0 Å². The van der Waals surface area contributed by atoms with Crippen LogP contribution in [0.4, 0.5) is 0 Å². The summed E-state index contributed by atoms with van der Waals surface area (Å²) in [6.45, 7) is 12.9. The van der Waals surface area contributed by atoms with Gasteiger partial charge in [-0.25, -0.2) is 4.79 Å². The number of aromatic amines is 1. The number of H-pyrrole nitrogens is 1. The molecule has 1 radical (unpaired) electrons. The number of ether oxygens (including phenoxy) is 2. The van der Waals surface area contributed by atoms with Crippen molar-refractivity contribution >= 4 is 55.9 Å². The monoisotopic (exact) mass is 936 g/mol. The highest BCUT2D eigenvalue weighted by atomic mass is 28.4.